The van der Waals surface area contributed by atoms with E-state index in [0.29, 0.717) is 21.0 Å². The zero-order chi connectivity index (χ0) is 22.3. The molecule has 3 aromatic rings. The van der Waals surface area contributed by atoms with Crippen LogP contribution in [0.1, 0.15) is 66.3 Å². The molecule has 0 aliphatic heterocycles. The number of amides is 2. The van der Waals surface area contributed by atoms with Crippen molar-refractivity contribution in [2.24, 2.45) is 5.73 Å². The van der Waals surface area contributed by atoms with Crippen LogP contribution in [0, 0.1) is 6.92 Å². The van der Waals surface area contributed by atoms with Gasteiger partial charge in [-0.05, 0) is 56.7 Å². The number of carbonyl (C=O) groups is 3. The number of hydrogen-bond acceptors (Lipinski definition) is 8. The van der Waals surface area contributed by atoms with E-state index >= 15 is 0 Å². The smallest absolute Gasteiger partial charge is 0.348 e. The summed E-state index contributed by atoms with van der Waals surface area (Å²) in [7, 11) is 0. The van der Waals surface area contributed by atoms with Crippen LogP contribution in [0.5, 0.6) is 0 Å². The van der Waals surface area contributed by atoms with Crippen LogP contribution >= 0.6 is 22.7 Å². The Bertz CT molecular complexity index is 1230. The summed E-state index contributed by atoms with van der Waals surface area (Å²) in [6, 6.07) is 2.03. The van der Waals surface area contributed by atoms with Gasteiger partial charge in [-0.15, -0.1) is 22.7 Å². The number of rotatable bonds is 5. The van der Waals surface area contributed by atoms with Crippen molar-refractivity contribution in [3.63, 3.8) is 0 Å². The molecule has 1 aliphatic rings. The van der Waals surface area contributed by atoms with E-state index in [4.69, 9.17) is 21.2 Å². The molecule has 8 nitrogen and oxygen atoms in total. The van der Waals surface area contributed by atoms with Crippen LogP contribution in [0.15, 0.2) is 6.07 Å². The molecule has 3 heterocycles. The Hall–Kier alpha value is -2.98. The number of nitrogens with two attached hydrogens (primary N) is 2. The highest BCUT2D eigenvalue weighted by Crippen LogP contribution is 2.38. The van der Waals surface area contributed by atoms with Gasteiger partial charge in [-0.1, -0.05) is 0 Å². The molecule has 0 fully saturated rings. The Kier molecular flexibility index (Phi) is 5.67. The first kappa shape index (κ1) is 21.3. The van der Waals surface area contributed by atoms with E-state index in [9.17, 15) is 14.4 Å². The minimum absolute atomic E-state index is 0.0923. The minimum atomic E-state index is -0.738. The van der Waals surface area contributed by atoms with Crippen LogP contribution in [-0.4, -0.2) is 29.4 Å². The summed E-state index contributed by atoms with van der Waals surface area (Å²) < 4.78 is 5.03. The lowest BCUT2D eigenvalue weighted by atomic mass is 9.95. The average Bonchev–Trinajstić information content (AvgIpc) is 3.23. The average molecular weight is 459 g/mol. The van der Waals surface area contributed by atoms with Crippen molar-refractivity contribution in [3.8, 4) is 0 Å². The van der Waals surface area contributed by atoms with Gasteiger partial charge in [0.05, 0.1) is 17.9 Å². The molecule has 10 heteroatoms. The SMILES string of the molecule is CCOC(=O)c1sc(NC(=O)c2sc3nc4c(cc3c2N)CCCC4)c(C(N)=O)c1C. The molecule has 3 aromatic heterocycles. The molecule has 5 N–H and O–H groups in total. The fourth-order valence-corrected chi connectivity index (χ4v) is 5.87. The molecular weight excluding hydrogens is 436 g/mol. The van der Waals surface area contributed by atoms with Gasteiger partial charge in [0.1, 0.15) is 19.6 Å². The monoisotopic (exact) mass is 458 g/mol. The van der Waals surface area contributed by atoms with E-state index in [1.165, 1.54) is 16.9 Å². The van der Waals surface area contributed by atoms with Crippen LogP contribution in [-0.2, 0) is 17.6 Å². The molecule has 4 rings (SSSR count). The standard InChI is InChI=1S/C21H22N4O4S2/c1-3-29-21(28)15-9(2)13(17(23)26)20(30-15)25-18(27)16-14(22)11-8-10-6-4-5-7-12(10)24-19(11)31-16/h8H,3-7,22H2,1-2H3,(H2,23,26)(H,25,27). The fraction of sp³-hybridized carbons (Fsp3) is 0.333. The van der Waals surface area contributed by atoms with E-state index in [1.807, 2.05) is 6.07 Å². The Morgan fingerprint density at radius 3 is 2.65 bits per heavy atom. The first-order chi connectivity index (χ1) is 14.8. The topological polar surface area (TPSA) is 137 Å². The quantitative estimate of drug-likeness (QED) is 0.499. The molecule has 31 heavy (non-hydrogen) atoms. The lowest BCUT2D eigenvalue weighted by Gasteiger charge is -2.14. The highest BCUT2D eigenvalue weighted by atomic mass is 32.1. The summed E-state index contributed by atoms with van der Waals surface area (Å²) in [6.07, 6.45) is 4.12. The Labute approximate surface area is 186 Å². The predicted octanol–water partition coefficient (Wildman–Crippen LogP) is 3.66. The number of nitrogens with one attached hydrogen (secondary N) is 1. The lowest BCUT2D eigenvalue weighted by Crippen LogP contribution is -2.17. The molecule has 0 atom stereocenters. The van der Waals surface area contributed by atoms with Crippen molar-refractivity contribution >= 4 is 61.4 Å². The van der Waals surface area contributed by atoms with Gasteiger partial charge >= 0.3 is 5.97 Å². The normalized spacial score (nSPS) is 13.1. The van der Waals surface area contributed by atoms with Gasteiger partial charge < -0.3 is 21.5 Å². The van der Waals surface area contributed by atoms with Gasteiger partial charge in [0.25, 0.3) is 11.8 Å². The number of fused-ring (bicyclic) bond motifs is 2. The van der Waals surface area contributed by atoms with Crippen molar-refractivity contribution in [2.45, 2.75) is 39.5 Å². The molecule has 0 spiro atoms. The highest BCUT2D eigenvalue weighted by molar-refractivity contribution is 7.21. The number of carbonyl (C=O) groups excluding carboxylic acids is 3. The van der Waals surface area contributed by atoms with Crippen molar-refractivity contribution in [3.05, 3.63) is 38.2 Å². The van der Waals surface area contributed by atoms with Gasteiger partial charge in [-0.2, -0.15) is 0 Å². The van der Waals surface area contributed by atoms with E-state index in [2.05, 4.69) is 5.32 Å². The third-order valence-corrected chi connectivity index (χ3v) is 7.59. The van der Waals surface area contributed by atoms with Crippen LogP contribution in [0.3, 0.4) is 0 Å². The molecule has 0 saturated heterocycles. The van der Waals surface area contributed by atoms with Crippen LogP contribution < -0.4 is 16.8 Å². The van der Waals surface area contributed by atoms with E-state index in [-0.39, 0.29) is 22.0 Å². The zero-order valence-corrected chi connectivity index (χ0v) is 18.8. The zero-order valence-electron chi connectivity index (χ0n) is 17.2. The molecule has 1 aliphatic carbocycles. The van der Waals surface area contributed by atoms with E-state index in [0.717, 1.165) is 48.1 Å². The number of pyridine rings is 1. The molecular formula is C21H22N4O4S2. The Morgan fingerprint density at radius 2 is 1.94 bits per heavy atom. The number of nitrogen functional groups attached to an aromatic ring is 1. The largest absolute Gasteiger partial charge is 0.462 e. The van der Waals surface area contributed by atoms with Crippen molar-refractivity contribution in [2.75, 3.05) is 17.7 Å². The van der Waals surface area contributed by atoms with Crippen molar-refractivity contribution in [1.82, 2.24) is 4.98 Å². The summed E-state index contributed by atoms with van der Waals surface area (Å²) in [6.45, 7) is 3.48. The maximum atomic E-state index is 13.0. The third-order valence-electron chi connectivity index (χ3n) is 5.29. The molecule has 2 amide bonds. The number of aryl methyl sites for hydroxylation is 2. The molecule has 0 unspecified atom stereocenters. The number of aromatic nitrogens is 1. The van der Waals surface area contributed by atoms with E-state index < -0.39 is 17.8 Å². The number of anilines is 2. The fourth-order valence-electron chi connectivity index (χ4n) is 3.78. The summed E-state index contributed by atoms with van der Waals surface area (Å²) in [5, 5.41) is 3.67. The van der Waals surface area contributed by atoms with Gasteiger partial charge in [0.2, 0.25) is 0 Å². The molecule has 0 bridgehead atoms. The summed E-state index contributed by atoms with van der Waals surface area (Å²) in [4.78, 5) is 43.2. The number of primary amides is 1. The summed E-state index contributed by atoms with van der Waals surface area (Å²) in [5.41, 5.74) is 14.9. The summed E-state index contributed by atoms with van der Waals surface area (Å²) >= 11 is 2.17. The van der Waals surface area contributed by atoms with Gasteiger partial charge in [0.15, 0.2) is 0 Å². The van der Waals surface area contributed by atoms with Gasteiger partial charge in [-0.3, -0.25) is 9.59 Å². The van der Waals surface area contributed by atoms with Crippen LogP contribution in [0.25, 0.3) is 10.2 Å². The van der Waals surface area contributed by atoms with Gasteiger partial charge in [-0.25, -0.2) is 9.78 Å². The van der Waals surface area contributed by atoms with Gasteiger partial charge in [0, 0.05) is 11.1 Å². The second-order valence-corrected chi connectivity index (χ2v) is 9.32. The Balaban J connectivity index is 1.70. The maximum absolute atomic E-state index is 13.0. The molecule has 0 aromatic carbocycles. The lowest BCUT2D eigenvalue weighted by molar-refractivity contribution is 0.0531. The van der Waals surface area contributed by atoms with Crippen molar-refractivity contribution in [1.29, 1.82) is 0 Å². The summed E-state index contributed by atoms with van der Waals surface area (Å²) in [5.74, 6) is -1.78. The van der Waals surface area contributed by atoms with Crippen LogP contribution in [0.2, 0.25) is 0 Å². The molecule has 0 radical (unpaired) electrons. The van der Waals surface area contributed by atoms with Crippen LogP contribution in [0.4, 0.5) is 10.7 Å². The number of hydrogen-bond donors (Lipinski definition) is 3. The highest BCUT2D eigenvalue weighted by Gasteiger charge is 2.27. The Morgan fingerprint density at radius 1 is 1.19 bits per heavy atom. The first-order valence-corrected chi connectivity index (χ1v) is 11.6. The molecule has 162 valence electrons. The number of thiophene rings is 2. The molecule has 0 saturated carbocycles. The third kappa shape index (κ3) is 3.77. The van der Waals surface area contributed by atoms with E-state index in [1.54, 1.807) is 13.8 Å². The maximum Gasteiger partial charge on any atom is 0.348 e. The number of nitrogens with zero attached hydrogens (tertiary/aromatic N) is 1. The first-order valence-electron chi connectivity index (χ1n) is 9.94. The second-order valence-electron chi connectivity index (χ2n) is 7.30. The second kappa shape index (κ2) is 8.27. The predicted molar refractivity (Wildman–Crippen MR) is 122 cm³/mol. The minimum Gasteiger partial charge on any atom is -0.462 e. The number of esters is 1. The number of ether oxygens (including phenoxy) is 1. The van der Waals surface area contributed by atoms with Crippen molar-refractivity contribution < 1.29 is 19.1 Å².